The first-order valence-corrected chi connectivity index (χ1v) is 11.0. The molecule has 8 heteroatoms. The Morgan fingerprint density at radius 3 is 2.42 bits per heavy atom. The first kappa shape index (κ1) is 21.8. The van der Waals surface area contributed by atoms with Gasteiger partial charge in [-0.3, -0.25) is 0 Å². The highest BCUT2D eigenvalue weighted by Crippen LogP contribution is 2.54. The smallest absolute Gasteiger partial charge is 0.410 e. The van der Waals surface area contributed by atoms with Gasteiger partial charge in [0.05, 0.1) is 12.2 Å². The van der Waals surface area contributed by atoms with Gasteiger partial charge in [0.2, 0.25) is 0 Å². The van der Waals surface area contributed by atoms with Gasteiger partial charge in [-0.1, -0.05) is 0 Å². The van der Waals surface area contributed by atoms with Gasteiger partial charge in [0, 0.05) is 19.2 Å². The van der Waals surface area contributed by atoms with Crippen molar-refractivity contribution >= 4 is 12.1 Å². The van der Waals surface area contributed by atoms with Crippen molar-refractivity contribution in [1.82, 2.24) is 4.90 Å². The van der Waals surface area contributed by atoms with Gasteiger partial charge in [-0.15, -0.1) is 0 Å². The Morgan fingerprint density at radius 1 is 1.13 bits per heavy atom. The Balaban J connectivity index is 1.14. The zero-order chi connectivity index (χ0) is 22.2. The fourth-order valence-electron chi connectivity index (χ4n) is 4.85. The van der Waals surface area contributed by atoms with Gasteiger partial charge in [0.25, 0.3) is 0 Å². The Kier molecular flexibility index (Phi) is 5.83. The quantitative estimate of drug-likeness (QED) is 0.608. The zero-order valence-electron chi connectivity index (χ0n) is 17.8. The molecule has 1 heterocycles. The Morgan fingerprint density at radius 2 is 1.81 bits per heavy atom. The summed E-state index contributed by atoms with van der Waals surface area (Å²) in [7, 11) is 0. The van der Waals surface area contributed by atoms with E-state index in [0.29, 0.717) is 17.4 Å². The topological polar surface area (TPSA) is 76.1 Å². The van der Waals surface area contributed by atoms with Crippen LogP contribution in [0.5, 0.6) is 5.75 Å². The highest BCUT2D eigenvalue weighted by Gasteiger charge is 2.47. The number of likely N-dealkylation sites (tertiary alicyclic amines) is 1. The molecule has 3 fully saturated rings. The van der Waals surface area contributed by atoms with E-state index in [-0.39, 0.29) is 24.1 Å². The largest absolute Gasteiger partial charge is 0.490 e. The van der Waals surface area contributed by atoms with Gasteiger partial charge in [0.15, 0.2) is 11.6 Å². The minimum Gasteiger partial charge on any atom is -0.490 e. The van der Waals surface area contributed by atoms with Crippen LogP contribution < -0.4 is 4.74 Å². The lowest BCUT2D eigenvalue weighted by atomic mass is 9.56. The molecule has 0 radical (unpaired) electrons. The maximum atomic E-state index is 13.9. The summed E-state index contributed by atoms with van der Waals surface area (Å²) in [5, 5.41) is 8.81. The number of rotatable bonds is 7. The van der Waals surface area contributed by atoms with E-state index >= 15 is 0 Å². The molecule has 1 N–H and O–H groups in total. The lowest BCUT2D eigenvalue weighted by Gasteiger charge is -2.52. The predicted octanol–water partition coefficient (Wildman–Crippen LogP) is 5.00. The van der Waals surface area contributed by atoms with Gasteiger partial charge in [0.1, 0.15) is 11.4 Å². The zero-order valence-corrected chi connectivity index (χ0v) is 17.8. The number of piperidine rings is 1. The summed E-state index contributed by atoms with van der Waals surface area (Å²) in [6, 6.07) is 1.44. The SMILES string of the molecule is CC1(OC(=O)N2CCC3(CC2)CC(CCCOc2cc(F)c(C(=O)O)cc2F)C3)CC1. The number of benzene rings is 1. The summed E-state index contributed by atoms with van der Waals surface area (Å²) in [6.07, 6.45) is 7.67. The lowest BCUT2D eigenvalue weighted by molar-refractivity contribution is -0.0231. The van der Waals surface area contributed by atoms with Crippen LogP contribution in [0.15, 0.2) is 12.1 Å². The van der Waals surface area contributed by atoms with E-state index < -0.39 is 23.2 Å². The number of nitrogens with zero attached hydrogens (tertiary/aromatic N) is 1. The number of hydrogen-bond acceptors (Lipinski definition) is 4. The van der Waals surface area contributed by atoms with Crippen molar-refractivity contribution in [2.24, 2.45) is 11.3 Å². The first-order chi connectivity index (χ1) is 14.7. The Bertz CT molecular complexity index is 854. The number of carboxylic acid groups (broad SMARTS) is 1. The van der Waals surface area contributed by atoms with Gasteiger partial charge in [-0.05, 0) is 75.7 Å². The van der Waals surface area contributed by atoms with Crippen LogP contribution in [0.1, 0.15) is 68.6 Å². The van der Waals surface area contributed by atoms with Gasteiger partial charge in [-0.25, -0.2) is 18.4 Å². The van der Waals surface area contributed by atoms with E-state index in [9.17, 15) is 18.4 Å². The molecule has 0 aromatic heterocycles. The number of hydrogen-bond donors (Lipinski definition) is 1. The highest BCUT2D eigenvalue weighted by molar-refractivity contribution is 5.88. The summed E-state index contributed by atoms with van der Waals surface area (Å²) in [6.45, 7) is 3.74. The maximum Gasteiger partial charge on any atom is 0.410 e. The molecule has 3 aliphatic rings. The molecular weight excluding hydrogens is 408 g/mol. The molecule has 2 saturated carbocycles. The molecule has 0 unspecified atom stereocenters. The van der Waals surface area contributed by atoms with Gasteiger partial charge < -0.3 is 19.5 Å². The molecule has 31 heavy (non-hydrogen) atoms. The van der Waals surface area contributed by atoms with Crippen molar-refractivity contribution in [1.29, 1.82) is 0 Å². The number of aromatic carboxylic acids is 1. The molecule has 2 aliphatic carbocycles. The van der Waals surface area contributed by atoms with Crippen LogP contribution in [0.2, 0.25) is 0 Å². The minimum atomic E-state index is -1.51. The van der Waals surface area contributed by atoms with Crippen LogP contribution in [0, 0.1) is 23.0 Å². The third-order valence-corrected chi connectivity index (χ3v) is 7.08. The third kappa shape index (κ3) is 4.93. The van der Waals surface area contributed by atoms with Gasteiger partial charge in [-0.2, -0.15) is 0 Å². The second kappa shape index (κ2) is 8.28. The summed E-state index contributed by atoms with van der Waals surface area (Å²) >= 11 is 0. The second-order valence-electron chi connectivity index (χ2n) is 9.64. The molecule has 170 valence electrons. The van der Waals surface area contributed by atoms with Crippen LogP contribution in [-0.4, -0.2) is 47.4 Å². The van der Waals surface area contributed by atoms with Crippen LogP contribution in [0.3, 0.4) is 0 Å². The summed E-state index contributed by atoms with van der Waals surface area (Å²) in [4.78, 5) is 24.9. The molecule has 1 spiro atoms. The number of amides is 1. The molecule has 0 atom stereocenters. The van der Waals surface area contributed by atoms with Crippen molar-refractivity contribution in [3.05, 3.63) is 29.3 Å². The number of carbonyl (C=O) groups excluding carboxylic acids is 1. The number of ether oxygens (including phenoxy) is 2. The normalized spacial score (nSPS) is 21.5. The predicted molar refractivity (Wildman–Crippen MR) is 108 cm³/mol. The molecule has 1 aliphatic heterocycles. The van der Waals surface area contributed by atoms with Crippen LogP contribution in [-0.2, 0) is 4.74 Å². The van der Waals surface area contributed by atoms with Crippen molar-refractivity contribution < 1.29 is 33.0 Å². The van der Waals surface area contributed by atoms with Crippen molar-refractivity contribution in [3.8, 4) is 5.75 Å². The number of carbonyl (C=O) groups is 2. The van der Waals surface area contributed by atoms with Crippen LogP contribution >= 0.6 is 0 Å². The fraction of sp³-hybridized carbons (Fsp3) is 0.652. The maximum absolute atomic E-state index is 13.9. The molecular formula is C23H29F2NO5. The van der Waals surface area contributed by atoms with E-state index in [0.717, 1.165) is 70.5 Å². The average molecular weight is 437 g/mol. The summed E-state index contributed by atoms with van der Waals surface area (Å²) in [5.41, 5.74) is -0.609. The van der Waals surface area contributed by atoms with Crippen molar-refractivity contribution in [2.45, 2.75) is 63.9 Å². The Labute approximate surface area is 180 Å². The average Bonchev–Trinajstić information content (AvgIpc) is 3.42. The van der Waals surface area contributed by atoms with Crippen molar-refractivity contribution in [2.75, 3.05) is 19.7 Å². The summed E-state index contributed by atoms with van der Waals surface area (Å²) < 4.78 is 38.5. The van der Waals surface area contributed by atoms with E-state index in [1.165, 1.54) is 0 Å². The summed E-state index contributed by atoms with van der Waals surface area (Å²) in [5.74, 6) is -3.06. The second-order valence-corrected chi connectivity index (χ2v) is 9.64. The molecule has 1 saturated heterocycles. The molecule has 1 aromatic rings. The third-order valence-electron chi connectivity index (χ3n) is 7.08. The molecule has 1 aromatic carbocycles. The van der Waals surface area contributed by atoms with E-state index in [4.69, 9.17) is 14.6 Å². The van der Waals surface area contributed by atoms with Crippen LogP contribution in [0.25, 0.3) is 0 Å². The van der Waals surface area contributed by atoms with E-state index in [1.807, 2.05) is 11.8 Å². The molecule has 0 bridgehead atoms. The van der Waals surface area contributed by atoms with Gasteiger partial charge >= 0.3 is 12.1 Å². The van der Waals surface area contributed by atoms with Crippen LogP contribution in [0.4, 0.5) is 13.6 Å². The molecule has 1 amide bonds. The highest BCUT2D eigenvalue weighted by atomic mass is 19.1. The minimum absolute atomic E-state index is 0.178. The van der Waals surface area contributed by atoms with E-state index in [1.54, 1.807) is 0 Å². The monoisotopic (exact) mass is 437 g/mol. The lowest BCUT2D eigenvalue weighted by Crippen LogP contribution is -2.49. The Hall–Kier alpha value is -2.38. The van der Waals surface area contributed by atoms with Crippen molar-refractivity contribution in [3.63, 3.8) is 0 Å². The number of carboxylic acids is 1. The first-order valence-electron chi connectivity index (χ1n) is 11.0. The number of halogens is 2. The molecule has 4 rings (SSSR count). The molecule has 6 nitrogen and oxygen atoms in total. The standard InChI is InChI=1S/C23H29F2NO5/c1-22(4-5-22)31-21(29)26-8-6-23(7-9-26)13-15(14-23)3-2-10-30-19-12-17(24)16(20(27)28)11-18(19)25/h11-12,15H,2-10,13-14H2,1H3,(H,27,28). The fourth-order valence-corrected chi connectivity index (χ4v) is 4.85. The van der Waals surface area contributed by atoms with E-state index in [2.05, 4.69) is 0 Å².